The van der Waals surface area contributed by atoms with Gasteiger partial charge in [-0.2, -0.15) is 4.73 Å². The number of ether oxygens (including phenoxy) is 2. The number of rotatable bonds is 5. The Balaban J connectivity index is 1.56. The fourth-order valence-electron chi connectivity index (χ4n) is 2.68. The molecule has 3 rings (SSSR count). The predicted octanol–water partition coefficient (Wildman–Crippen LogP) is 1.34. The van der Waals surface area contributed by atoms with Crippen LogP contribution in [-0.4, -0.2) is 44.3 Å². The van der Waals surface area contributed by atoms with Crippen molar-refractivity contribution < 1.29 is 23.8 Å². The molecule has 1 aromatic heterocycles. The van der Waals surface area contributed by atoms with Crippen LogP contribution in [-0.2, 0) is 14.3 Å². The number of nitrogens with one attached hydrogen (secondary N) is 1. The van der Waals surface area contributed by atoms with E-state index in [9.17, 15) is 14.8 Å². The number of anilines is 2. The first-order valence-electron chi connectivity index (χ1n) is 8.67. The molecule has 2 heterocycles. The Labute approximate surface area is 156 Å². The maximum absolute atomic E-state index is 12.3. The highest BCUT2D eigenvalue weighted by molar-refractivity contribution is 5.96. The second-order valence-corrected chi connectivity index (χ2v) is 6.09. The summed E-state index contributed by atoms with van der Waals surface area (Å²) in [7, 11) is 0. The van der Waals surface area contributed by atoms with Crippen LogP contribution in [0.4, 0.5) is 11.4 Å². The van der Waals surface area contributed by atoms with Crippen LogP contribution in [0, 0.1) is 5.21 Å². The van der Waals surface area contributed by atoms with Crippen molar-refractivity contribution in [3.63, 3.8) is 0 Å². The smallest absolute Gasteiger partial charge is 0.405 e. The number of aromatic nitrogens is 1. The van der Waals surface area contributed by atoms with E-state index in [-0.39, 0.29) is 5.69 Å². The van der Waals surface area contributed by atoms with Gasteiger partial charge in [0.15, 0.2) is 12.3 Å². The molecule has 8 nitrogen and oxygen atoms in total. The summed E-state index contributed by atoms with van der Waals surface area (Å²) in [6.07, 6.45) is 0.147. The summed E-state index contributed by atoms with van der Waals surface area (Å²) in [6.45, 7) is 4.52. The molecular weight excluding hydrogens is 350 g/mol. The van der Waals surface area contributed by atoms with Crippen molar-refractivity contribution in [3.8, 4) is 0 Å². The zero-order chi connectivity index (χ0) is 19.2. The molecule has 142 valence electrons. The lowest BCUT2D eigenvalue weighted by Crippen LogP contribution is -2.37. The SMILES string of the molecule is C[C@@H](OC(=O)c1cccc[n+]1[O-])C(=O)Nc1ccc(N2CCOCC2)cc1. The number of pyridine rings is 1. The van der Waals surface area contributed by atoms with E-state index in [1.165, 1.54) is 25.3 Å². The molecule has 8 heteroatoms. The molecule has 0 bridgehead atoms. The maximum atomic E-state index is 12.3. The number of hydrogen-bond donors (Lipinski definition) is 1. The van der Waals surface area contributed by atoms with Crippen molar-refractivity contribution >= 4 is 23.3 Å². The molecule has 1 aromatic carbocycles. The first kappa shape index (κ1) is 18.7. The van der Waals surface area contributed by atoms with Gasteiger partial charge in [-0.15, -0.1) is 0 Å². The third-order valence-corrected chi connectivity index (χ3v) is 4.20. The van der Waals surface area contributed by atoms with Crippen LogP contribution in [0.15, 0.2) is 48.7 Å². The fraction of sp³-hybridized carbons (Fsp3) is 0.316. The lowest BCUT2D eigenvalue weighted by atomic mass is 10.2. The van der Waals surface area contributed by atoms with Crippen LogP contribution in [0.2, 0.25) is 0 Å². The molecule has 2 aromatic rings. The van der Waals surface area contributed by atoms with Gasteiger partial charge in [-0.1, -0.05) is 0 Å². The van der Waals surface area contributed by atoms with Crippen molar-refractivity contribution in [2.45, 2.75) is 13.0 Å². The zero-order valence-corrected chi connectivity index (χ0v) is 15.0. The molecule has 1 atom stereocenters. The van der Waals surface area contributed by atoms with Crippen LogP contribution in [0.3, 0.4) is 0 Å². The molecule has 0 unspecified atom stereocenters. The number of esters is 1. The van der Waals surface area contributed by atoms with E-state index in [1.54, 1.807) is 18.2 Å². The van der Waals surface area contributed by atoms with Gasteiger partial charge in [-0.05, 0) is 37.3 Å². The number of carbonyl (C=O) groups is 2. The Hall–Kier alpha value is -3.13. The average Bonchev–Trinajstić information content (AvgIpc) is 2.69. The van der Waals surface area contributed by atoms with Gasteiger partial charge >= 0.3 is 11.7 Å². The topological polar surface area (TPSA) is 94.8 Å². The monoisotopic (exact) mass is 371 g/mol. The number of carbonyl (C=O) groups excluding carboxylic acids is 2. The third kappa shape index (κ3) is 4.73. The number of morpholine rings is 1. The van der Waals surface area contributed by atoms with E-state index in [4.69, 9.17) is 9.47 Å². The average molecular weight is 371 g/mol. The van der Waals surface area contributed by atoms with Gasteiger partial charge in [0.2, 0.25) is 0 Å². The number of amides is 1. The van der Waals surface area contributed by atoms with E-state index in [0.29, 0.717) is 23.6 Å². The molecular formula is C19H21N3O5. The second-order valence-electron chi connectivity index (χ2n) is 6.09. The lowest BCUT2D eigenvalue weighted by molar-refractivity contribution is -0.608. The highest BCUT2D eigenvalue weighted by Gasteiger charge is 2.23. The molecule has 1 N–H and O–H groups in total. The minimum absolute atomic E-state index is 0.174. The number of benzene rings is 1. The lowest BCUT2D eigenvalue weighted by Gasteiger charge is -2.28. The predicted molar refractivity (Wildman–Crippen MR) is 98.4 cm³/mol. The highest BCUT2D eigenvalue weighted by atomic mass is 16.6. The van der Waals surface area contributed by atoms with Crippen molar-refractivity contribution in [1.29, 1.82) is 0 Å². The van der Waals surface area contributed by atoms with E-state index in [0.717, 1.165) is 18.8 Å². The van der Waals surface area contributed by atoms with Crippen LogP contribution >= 0.6 is 0 Å². The third-order valence-electron chi connectivity index (χ3n) is 4.20. The summed E-state index contributed by atoms with van der Waals surface area (Å²) >= 11 is 0. The summed E-state index contributed by atoms with van der Waals surface area (Å²) in [6, 6.07) is 11.8. The largest absolute Gasteiger partial charge is 0.618 e. The highest BCUT2D eigenvalue weighted by Crippen LogP contribution is 2.19. The molecule has 1 amide bonds. The molecule has 27 heavy (non-hydrogen) atoms. The van der Waals surface area contributed by atoms with E-state index in [2.05, 4.69) is 10.2 Å². The van der Waals surface area contributed by atoms with Gasteiger partial charge in [-0.25, -0.2) is 4.79 Å². The number of hydrogen-bond acceptors (Lipinski definition) is 6. The Kier molecular flexibility index (Phi) is 5.87. The zero-order valence-electron chi connectivity index (χ0n) is 15.0. The van der Waals surface area contributed by atoms with Crippen LogP contribution in [0.25, 0.3) is 0 Å². The van der Waals surface area contributed by atoms with Crippen molar-refractivity contribution in [2.75, 3.05) is 36.5 Å². The molecule has 0 radical (unpaired) electrons. The molecule has 0 saturated carbocycles. The minimum atomic E-state index is -1.04. The number of nitrogens with zero attached hydrogens (tertiary/aromatic N) is 2. The Morgan fingerprint density at radius 1 is 1.19 bits per heavy atom. The molecule has 1 fully saturated rings. The molecule has 0 spiro atoms. The van der Waals surface area contributed by atoms with Gasteiger partial charge in [0.05, 0.1) is 13.2 Å². The van der Waals surface area contributed by atoms with Gasteiger partial charge in [0.25, 0.3) is 5.91 Å². The first-order valence-corrected chi connectivity index (χ1v) is 8.67. The van der Waals surface area contributed by atoms with E-state index >= 15 is 0 Å². The molecule has 1 saturated heterocycles. The Morgan fingerprint density at radius 3 is 2.56 bits per heavy atom. The summed E-state index contributed by atoms with van der Waals surface area (Å²) in [5.74, 6) is -1.33. The van der Waals surface area contributed by atoms with Gasteiger partial charge in [0.1, 0.15) is 0 Å². The van der Waals surface area contributed by atoms with Crippen molar-refractivity contribution in [3.05, 3.63) is 59.6 Å². The molecule has 1 aliphatic heterocycles. The quantitative estimate of drug-likeness (QED) is 0.484. The summed E-state index contributed by atoms with van der Waals surface area (Å²) in [4.78, 5) is 26.5. The Bertz CT molecular complexity index is 803. The maximum Gasteiger partial charge on any atom is 0.405 e. The van der Waals surface area contributed by atoms with Crippen LogP contribution < -0.4 is 14.9 Å². The summed E-state index contributed by atoms with van der Waals surface area (Å²) in [5.41, 5.74) is 1.48. The minimum Gasteiger partial charge on any atom is -0.618 e. The molecule has 1 aliphatic rings. The molecule has 0 aliphatic carbocycles. The van der Waals surface area contributed by atoms with E-state index in [1.807, 2.05) is 12.1 Å². The normalized spacial score (nSPS) is 15.1. The standard InChI is InChI=1S/C19H21N3O5/c1-14(27-19(24)17-4-2-3-9-22(17)25)18(23)20-15-5-7-16(8-6-15)21-10-12-26-13-11-21/h2-9,14H,10-13H2,1H3,(H,20,23)/t14-/m1/s1. The fourth-order valence-corrected chi connectivity index (χ4v) is 2.68. The first-order chi connectivity index (χ1) is 13.0. The summed E-state index contributed by atoms with van der Waals surface area (Å²) in [5, 5.41) is 14.3. The van der Waals surface area contributed by atoms with Crippen LogP contribution in [0.5, 0.6) is 0 Å². The summed E-state index contributed by atoms with van der Waals surface area (Å²) < 4.78 is 10.8. The van der Waals surface area contributed by atoms with Crippen molar-refractivity contribution in [1.82, 2.24) is 0 Å². The van der Waals surface area contributed by atoms with Crippen LogP contribution in [0.1, 0.15) is 17.4 Å². The second kappa shape index (κ2) is 8.50. The van der Waals surface area contributed by atoms with Gasteiger partial charge in [-0.3, -0.25) is 4.79 Å². The Morgan fingerprint density at radius 2 is 1.89 bits per heavy atom. The van der Waals surface area contributed by atoms with Gasteiger partial charge < -0.3 is 24.9 Å². The van der Waals surface area contributed by atoms with Gasteiger partial charge in [0, 0.05) is 36.6 Å². The van der Waals surface area contributed by atoms with E-state index < -0.39 is 18.0 Å². The van der Waals surface area contributed by atoms with Crippen molar-refractivity contribution in [2.24, 2.45) is 0 Å².